The van der Waals surface area contributed by atoms with Crippen molar-refractivity contribution in [2.24, 2.45) is 10.1 Å². The van der Waals surface area contributed by atoms with E-state index >= 15 is 0 Å². The molecule has 0 N–H and O–H groups in total. The molecule has 0 bridgehead atoms. The summed E-state index contributed by atoms with van der Waals surface area (Å²) in [5.41, 5.74) is 3.40. The number of ether oxygens (including phenoxy) is 1. The number of thiazole rings is 1. The van der Waals surface area contributed by atoms with Crippen molar-refractivity contribution in [2.75, 3.05) is 13.7 Å². The van der Waals surface area contributed by atoms with E-state index in [1.807, 2.05) is 10.7 Å². The van der Waals surface area contributed by atoms with Crippen molar-refractivity contribution in [1.82, 2.24) is 4.68 Å². The molecule has 3 rings (SSSR count). The lowest BCUT2D eigenvalue weighted by Gasteiger charge is -2.08. The summed E-state index contributed by atoms with van der Waals surface area (Å²) in [5, 5.41) is 9.38. The second-order valence-corrected chi connectivity index (χ2v) is 6.83. The van der Waals surface area contributed by atoms with Gasteiger partial charge in [0.05, 0.1) is 12.8 Å². The summed E-state index contributed by atoms with van der Waals surface area (Å²) in [7, 11) is 1.69. The van der Waals surface area contributed by atoms with Crippen molar-refractivity contribution >= 4 is 27.8 Å². The highest BCUT2D eigenvalue weighted by Crippen LogP contribution is 2.27. The van der Waals surface area contributed by atoms with Crippen LogP contribution in [0, 0.1) is 0 Å². The fraction of sp³-hybridized carbons (Fsp3) is 0.333. The van der Waals surface area contributed by atoms with Gasteiger partial charge in [0.2, 0.25) is 4.80 Å². The van der Waals surface area contributed by atoms with Crippen LogP contribution in [0.25, 0.3) is 22.0 Å². The Hall–Kier alpha value is -2.40. The van der Waals surface area contributed by atoms with Gasteiger partial charge in [0.25, 0.3) is 0 Å². The molecule has 2 aromatic carbocycles. The lowest BCUT2D eigenvalue weighted by Crippen LogP contribution is -2.14. The van der Waals surface area contributed by atoms with Crippen LogP contribution in [0.2, 0.25) is 0 Å². The molecule has 0 aliphatic rings. The number of fused-ring (bicyclic) bond motifs is 1. The Morgan fingerprint density at radius 2 is 1.77 bits per heavy atom. The first-order valence-corrected chi connectivity index (χ1v) is 9.94. The van der Waals surface area contributed by atoms with E-state index in [2.05, 4.69) is 61.5 Å². The van der Waals surface area contributed by atoms with Gasteiger partial charge in [-0.1, -0.05) is 32.0 Å². The molecule has 1 heterocycles. The van der Waals surface area contributed by atoms with E-state index in [0.29, 0.717) is 0 Å². The largest absolute Gasteiger partial charge is 0.497 e. The Kier molecular flexibility index (Phi) is 5.89. The van der Waals surface area contributed by atoms with E-state index in [9.17, 15) is 0 Å². The first-order chi connectivity index (χ1) is 12.7. The highest BCUT2D eigenvalue weighted by Gasteiger charge is 2.09. The number of rotatable bonds is 6. The number of benzene rings is 2. The van der Waals surface area contributed by atoms with E-state index in [1.165, 1.54) is 16.5 Å². The van der Waals surface area contributed by atoms with E-state index in [0.717, 1.165) is 41.2 Å². The third kappa shape index (κ3) is 3.73. The average Bonchev–Trinajstić information content (AvgIpc) is 3.07. The monoisotopic (exact) mass is 367 g/mol. The van der Waals surface area contributed by atoms with Crippen LogP contribution in [0.15, 0.2) is 51.9 Å². The first-order valence-electron chi connectivity index (χ1n) is 9.06. The molecule has 0 radical (unpaired) electrons. The van der Waals surface area contributed by atoms with Gasteiger partial charge in [0, 0.05) is 23.2 Å². The molecule has 4 nitrogen and oxygen atoms in total. The van der Waals surface area contributed by atoms with Gasteiger partial charge in [-0.15, -0.1) is 11.3 Å². The Bertz CT molecular complexity index is 992. The highest BCUT2D eigenvalue weighted by molar-refractivity contribution is 7.07. The molecule has 0 amide bonds. The molecule has 0 atom stereocenters. The second kappa shape index (κ2) is 8.32. The van der Waals surface area contributed by atoms with Crippen LogP contribution < -0.4 is 9.54 Å². The minimum absolute atomic E-state index is 0.751. The highest BCUT2D eigenvalue weighted by atomic mass is 32.1. The number of hydrogen-bond acceptors (Lipinski definition) is 4. The third-order valence-corrected chi connectivity index (χ3v) is 5.23. The molecule has 0 aliphatic heterocycles. The van der Waals surface area contributed by atoms with Crippen molar-refractivity contribution < 1.29 is 4.74 Å². The average molecular weight is 368 g/mol. The van der Waals surface area contributed by atoms with Crippen molar-refractivity contribution in [2.45, 2.75) is 33.6 Å². The number of hydrogen-bond donors (Lipinski definition) is 0. The maximum atomic E-state index is 5.32. The zero-order valence-corrected chi connectivity index (χ0v) is 16.6. The fourth-order valence-electron chi connectivity index (χ4n) is 2.88. The molecule has 3 aromatic rings. The van der Waals surface area contributed by atoms with Gasteiger partial charge in [0.15, 0.2) is 0 Å². The van der Waals surface area contributed by atoms with Crippen molar-refractivity contribution in [3.63, 3.8) is 0 Å². The van der Waals surface area contributed by atoms with Crippen LogP contribution in [0.1, 0.15) is 33.6 Å². The van der Waals surface area contributed by atoms with Crippen molar-refractivity contribution in [1.29, 1.82) is 0 Å². The maximum absolute atomic E-state index is 5.32. The molecule has 26 heavy (non-hydrogen) atoms. The van der Waals surface area contributed by atoms with Crippen LogP contribution >= 0.6 is 11.3 Å². The summed E-state index contributed by atoms with van der Waals surface area (Å²) in [5.74, 6) is 0.875. The van der Waals surface area contributed by atoms with Crippen molar-refractivity contribution in [3.05, 3.63) is 46.6 Å². The van der Waals surface area contributed by atoms with Gasteiger partial charge in [-0.3, -0.25) is 4.99 Å². The summed E-state index contributed by atoms with van der Waals surface area (Å²) in [6, 6.07) is 12.6. The summed E-state index contributed by atoms with van der Waals surface area (Å²) in [6.45, 7) is 7.10. The zero-order chi connectivity index (χ0) is 18.5. The molecule has 1 aromatic heterocycles. The maximum Gasteiger partial charge on any atom is 0.206 e. The molecule has 0 spiro atoms. The Labute approximate surface area is 158 Å². The molecular weight excluding hydrogens is 342 g/mol. The standard InChI is InChI=1S/C21H25N3OS/c1-5-18(6-2)23-24-20(14-26-21(24)22-7-3)17-9-8-16-13-19(25-4)11-10-15(16)12-17/h8-14H,5-7H2,1-4H3. The Morgan fingerprint density at radius 3 is 2.46 bits per heavy atom. The van der Waals surface area contributed by atoms with Gasteiger partial charge in [-0.05, 0) is 48.7 Å². The zero-order valence-electron chi connectivity index (χ0n) is 15.8. The minimum Gasteiger partial charge on any atom is -0.497 e. The van der Waals surface area contributed by atoms with Crippen LogP contribution in [-0.4, -0.2) is 24.0 Å². The molecule has 0 fully saturated rings. The summed E-state index contributed by atoms with van der Waals surface area (Å²) in [6.07, 6.45) is 1.89. The molecule has 5 heteroatoms. The number of nitrogens with zero attached hydrogens (tertiary/aromatic N) is 3. The van der Waals surface area contributed by atoms with Gasteiger partial charge < -0.3 is 4.74 Å². The normalized spacial score (nSPS) is 11.8. The molecular formula is C21H25N3OS. The van der Waals surface area contributed by atoms with E-state index in [4.69, 9.17) is 9.84 Å². The molecule has 0 unspecified atom stereocenters. The second-order valence-electron chi connectivity index (χ2n) is 5.99. The minimum atomic E-state index is 0.751. The van der Waals surface area contributed by atoms with Crippen LogP contribution in [0.4, 0.5) is 0 Å². The molecule has 136 valence electrons. The van der Waals surface area contributed by atoms with Crippen LogP contribution in [0.5, 0.6) is 5.75 Å². The predicted molar refractivity (Wildman–Crippen MR) is 111 cm³/mol. The van der Waals surface area contributed by atoms with Crippen LogP contribution in [-0.2, 0) is 0 Å². The summed E-state index contributed by atoms with van der Waals surface area (Å²) in [4.78, 5) is 5.56. The fourth-order valence-corrected chi connectivity index (χ4v) is 3.78. The molecule has 0 saturated heterocycles. The van der Waals surface area contributed by atoms with Gasteiger partial charge >= 0.3 is 0 Å². The van der Waals surface area contributed by atoms with Gasteiger partial charge in [-0.25, -0.2) is 4.68 Å². The number of aromatic nitrogens is 1. The summed E-state index contributed by atoms with van der Waals surface area (Å²) < 4.78 is 7.32. The Balaban J connectivity index is 2.16. The van der Waals surface area contributed by atoms with E-state index < -0.39 is 0 Å². The molecule has 0 aliphatic carbocycles. The lowest BCUT2D eigenvalue weighted by atomic mass is 10.1. The van der Waals surface area contributed by atoms with Crippen molar-refractivity contribution in [3.8, 4) is 17.0 Å². The SMILES string of the molecule is CCN=c1scc(-c2ccc3cc(OC)ccc3c2)n1N=C(CC)CC. The van der Waals surface area contributed by atoms with E-state index in [-0.39, 0.29) is 0 Å². The van der Waals surface area contributed by atoms with Gasteiger partial charge in [0.1, 0.15) is 5.75 Å². The van der Waals surface area contributed by atoms with Gasteiger partial charge in [-0.2, -0.15) is 5.10 Å². The first kappa shape index (κ1) is 18.4. The Morgan fingerprint density at radius 1 is 1.04 bits per heavy atom. The molecule has 0 saturated carbocycles. The smallest absolute Gasteiger partial charge is 0.206 e. The topological polar surface area (TPSA) is 38.9 Å². The third-order valence-electron chi connectivity index (χ3n) is 4.38. The van der Waals surface area contributed by atoms with E-state index in [1.54, 1.807) is 18.4 Å². The number of methoxy groups -OCH3 is 1. The predicted octanol–water partition coefficient (Wildman–Crippen LogP) is 5.32. The van der Waals surface area contributed by atoms with Crippen LogP contribution in [0.3, 0.4) is 0 Å². The lowest BCUT2D eigenvalue weighted by molar-refractivity contribution is 0.415. The summed E-state index contributed by atoms with van der Waals surface area (Å²) >= 11 is 1.64. The quantitative estimate of drug-likeness (QED) is 0.543.